The fourth-order valence-corrected chi connectivity index (χ4v) is 1.68. The van der Waals surface area contributed by atoms with Crippen molar-refractivity contribution in [1.82, 2.24) is 4.98 Å². The minimum atomic E-state index is -2.77. The highest BCUT2D eigenvalue weighted by atomic mass is 35.5. The number of alkyl halides is 3. The molecule has 0 amide bonds. The number of hydrogen-bond donors (Lipinski definition) is 1. The molecule has 0 fully saturated rings. The lowest BCUT2D eigenvalue weighted by molar-refractivity contribution is -0.136. The summed E-state index contributed by atoms with van der Waals surface area (Å²) in [5.74, 6) is -1.29. The van der Waals surface area contributed by atoms with Gasteiger partial charge in [0, 0.05) is 10.6 Å². The van der Waals surface area contributed by atoms with Crippen molar-refractivity contribution < 1.29 is 18.7 Å². The van der Waals surface area contributed by atoms with Gasteiger partial charge in [-0.3, -0.25) is 9.78 Å². The van der Waals surface area contributed by atoms with Crippen molar-refractivity contribution >= 4 is 29.2 Å². The minimum absolute atomic E-state index is 0.0525. The monoisotopic (exact) mass is 269 g/mol. The maximum Gasteiger partial charge on any atom is 0.307 e. The second-order valence-corrected chi connectivity index (χ2v) is 3.63. The minimum Gasteiger partial charge on any atom is -0.481 e. The van der Waals surface area contributed by atoms with Crippen LogP contribution in [0.1, 0.15) is 23.4 Å². The summed E-state index contributed by atoms with van der Waals surface area (Å²) in [6, 6.07) is 0.959. The normalized spacial score (nSPS) is 10.8. The Bertz CT molecular complexity index is 413. The molecule has 1 rings (SSSR count). The van der Waals surface area contributed by atoms with Gasteiger partial charge in [-0.25, -0.2) is 8.78 Å². The molecule has 0 radical (unpaired) electrons. The molecule has 0 spiro atoms. The molecule has 0 unspecified atom stereocenters. The van der Waals surface area contributed by atoms with Gasteiger partial charge >= 0.3 is 5.97 Å². The lowest BCUT2D eigenvalue weighted by Crippen LogP contribution is -2.07. The average Bonchev–Trinajstić information content (AvgIpc) is 2.19. The number of carboxylic acid groups (broad SMARTS) is 1. The van der Waals surface area contributed by atoms with Crippen LogP contribution in [0.15, 0.2) is 6.07 Å². The first-order valence-corrected chi connectivity index (χ1v) is 5.11. The lowest BCUT2D eigenvalue weighted by Gasteiger charge is -2.09. The lowest BCUT2D eigenvalue weighted by atomic mass is 10.1. The molecule has 7 heteroatoms. The number of pyridine rings is 1. The number of hydrogen-bond acceptors (Lipinski definition) is 2. The molecule has 1 aromatic heterocycles. The summed E-state index contributed by atoms with van der Waals surface area (Å²) in [7, 11) is 0. The van der Waals surface area contributed by atoms with Crippen LogP contribution in [-0.4, -0.2) is 16.1 Å². The van der Waals surface area contributed by atoms with E-state index < -0.39 is 24.5 Å². The zero-order chi connectivity index (χ0) is 12.3. The summed E-state index contributed by atoms with van der Waals surface area (Å²) in [5.41, 5.74) is -0.254. The molecular formula is C9H7Cl2F2NO2. The maximum atomic E-state index is 12.4. The molecule has 0 aliphatic carbocycles. The van der Waals surface area contributed by atoms with Crippen molar-refractivity contribution in [3.63, 3.8) is 0 Å². The van der Waals surface area contributed by atoms with Crippen LogP contribution in [0.25, 0.3) is 0 Å². The first-order chi connectivity index (χ1) is 7.45. The Morgan fingerprint density at radius 2 is 2.19 bits per heavy atom. The van der Waals surface area contributed by atoms with E-state index in [1.165, 1.54) is 0 Å². The topological polar surface area (TPSA) is 50.2 Å². The molecule has 16 heavy (non-hydrogen) atoms. The van der Waals surface area contributed by atoms with Gasteiger partial charge < -0.3 is 5.11 Å². The van der Waals surface area contributed by atoms with Crippen molar-refractivity contribution in [2.45, 2.75) is 18.7 Å². The summed E-state index contributed by atoms with van der Waals surface area (Å²) in [4.78, 5) is 14.1. The number of rotatable bonds is 4. The van der Waals surface area contributed by atoms with Crippen molar-refractivity contribution in [3.8, 4) is 0 Å². The van der Waals surface area contributed by atoms with Crippen LogP contribution in [0, 0.1) is 0 Å². The molecule has 0 saturated carbocycles. The van der Waals surface area contributed by atoms with E-state index in [1.54, 1.807) is 0 Å². The number of halogens is 4. The second-order valence-electron chi connectivity index (χ2n) is 2.96. The first kappa shape index (κ1) is 13.1. The van der Waals surface area contributed by atoms with E-state index in [2.05, 4.69) is 4.98 Å². The van der Waals surface area contributed by atoms with E-state index >= 15 is 0 Å². The highest BCUT2D eigenvalue weighted by Crippen LogP contribution is 2.26. The standard InChI is InChI=1S/C9H7Cl2F2NO2/c10-3-7-4(1-8(15)16)5(11)2-6(14-7)9(12)13/h2,9H,1,3H2,(H,15,16). The Kier molecular flexibility index (Phi) is 4.44. The van der Waals surface area contributed by atoms with Gasteiger partial charge in [0.1, 0.15) is 5.69 Å². The molecule has 0 aromatic carbocycles. The summed E-state index contributed by atoms with van der Waals surface area (Å²) in [5, 5.41) is 8.56. The van der Waals surface area contributed by atoms with Gasteiger partial charge in [-0.2, -0.15) is 0 Å². The van der Waals surface area contributed by atoms with Gasteiger partial charge in [0.05, 0.1) is 18.0 Å². The van der Waals surface area contributed by atoms with Crippen molar-refractivity contribution in [2.75, 3.05) is 0 Å². The quantitative estimate of drug-likeness (QED) is 0.855. The van der Waals surface area contributed by atoms with Crippen LogP contribution in [0.4, 0.5) is 8.78 Å². The molecule has 0 bridgehead atoms. The summed E-state index contributed by atoms with van der Waals surface area (Å²) in [6.45, 7) is 0. The van der Waals surface area contributed by atoms with Crippen LogP contribution in [-0.2, 0) is 17.1 Å². The van der Waals surface area contributed by atoms with E-state index in [4.69, 9.17) is 28.3 Å². The van der Waals surface area contributed by atoms with E-state index in [9.17, 15) is 13.6 Å². The van der Waals surface area contributed by atoms with Gasteiger partial charge in [0.2, 0.25) is 0 Å². The summed E-state index contributed by atoms with van der Waals surface area (Å²) < 4.78 is 24.8. The van der Waals surface area contributed by atoms with Gasteiger partial charge in [-0.1, -0.05) is 11.6 Å². The SMILES string of the molecule is O=C(O)Cc1c(Cl)cc(C(F)F)nc1CCl. The zero-order valence-corrected chi connectivity index (χ0v) is 9.40. The summed E-state index contributed by atoms with van der Waals surface area (Å²) >= 11 is 11.2. The van der Waals surface area contributed by atoms with E-state index in [1.807, 2.05) is 0 Å². The number of aromatic nitrogens is 1. The molecule has 1 N–H and O–H groups in total. The number of carboxylic acids is 1. The van der Waals surface area contributed by atoms with Gasteiger partial charge in [0.15, 0.2) is 0 Å². The summed E-state index contributed by atoms with van der Waals surface area (Å²) in [6.07, 6.45) is -3.16. The fraction of sp³-hybridized carbons (Fsp3) is 0.333. The Morgan fingerprint density at radius 3 is 2.62 bits per heavy atom. The van der Waals surface area contributed by atoms with Crippen LogP contribution >= 0.6 is 23.2 Å². The third kappa shape index (κ3) is 3.02. The molecular weight excluding hydrogens is 263 g/mol. The number of aliphatic carboxylic acids is 1. The van der Waals surface area contributed by atoms with Crippen molar-refractivity contribution in [3.05, 3.63) is 28.0 Å². The van der Waals surface area contributed by atoms with E-state index in [0.29, 0.717) is 0 Å². The fourth-order valence-electron chi connectivity index (χ4n) is 1.17. The molecule has 88 valence electrons. The molecule has 1 heterocycles. The van der Waals surface area contributed by atoms with Crippen LogP contribution in [0.5, 0.6) is 0 Å². The largest absolute Gasteiger partial charge is 0.481 e. The van der Waals surface area contributed by atoms with Crippen LogP contribution < -0.4 is 0 Å². The average molecular weight is 270 g/mol. The molecule has 0 aliphatic rings. The van der Waals surface area contributed by atoms with E-state index in [-0.39, 0.29) is 22.2 Å². The van der Waals surface area contributed by atoms with Crippen molar-refractivity contribution in [2.24, 2.45) is 0 Å². The van der Waals surface area contributed by atoms with Gasteiger partial charge in [0.25, 0.3) is 6.43 Å². The van der Waals surface area contributed by atoms with Crippen LogP contribution in [0.2, 0.25) is 5.02 Å². The Morgan fingerprint density at radius 1 is 1.56 bits per heavy atom. The van der Waals surface area contributed by atoms with Gasteiger partial charge in [-0.05, 0) is 6.07 Å². The molecule has 3 nitrogen and oxygen atoms in total. The Labute approximate surface area is 100 Å². The van der Waals surface area contributed by atoms with E-state index in [0.717, 1.165) is 6.07 Å². The predicted octanol–water partition coefficient (Wildman–Crippen LogP) is 3.04. The highest BCUT2D eigenvalue weighted by molar-refractivity contribution is 6.31. The number of carbonyl (C=O) groups is 1. The highest BCUT2D eigenvalue weighted by Gasteiger charge is 2.17. The molecule has 0 saturated heterocycles. The third-order valence-corrected chi connectivity index (χ3v) is 2.44. The van der Waals surface area contributed by atoms with Crippen molar-refractivity contribution in [1.29, 1.82) is 0 Å². The smallest absolute Gasteiger partial charge is 0.307 e. The van der Waals surface area contributed by atoms with Crippen LogP contribution in [0.3, 0.4) is 0 Å². The molecule has 1 aromatic rings. The zero-order valence-electron chi connectivity index (χ0n) is 7.88. The first-order valence-electron chi connectivity index (χ1n) is 4.19. The molecule has 0 aliphatic heterocycles. The second kappa shape index (κ2) is 5.41. The molecule has 0 atom stereocenters. The Hall–Kier alpha value is -0.940. The maximum absolute atomic E-state index is 12.4. The Balaban J connectivity index is 3.22. The predicted molar refractivity (Wildman–Crippen MR) is 55.1 cm³/mol. The number of nitrogens with zero attached hydrogens (tertiary/aromatic N) is 1. The third-order valence-electron chi connectivity index (χ3n) is 1.85. The van der Waals surface area contributed by atoms with Gasteiger partial charge in [-0.15, -0.1) is 11.6 Å².